The quantitative estimate of drug-likeness (QED) is 0.918. The van der Waals surface area contributed by atoms with E-state index in [0.717, 1.165) is 0 Å². The molecular formula is C14H15Cl2N3O2. The second-order valence-electron chi connectivity index (χ2n) is 4.35. The number of aliphatic hydroxyl groups is 1. The van der Waals surface area contributed by atoms with E-state index in [-0.39, 0.29) is 19.1 Å². The maximum Gasteiger partial charge on any atom is 0.274 e. The van der Waals surface area contributed by atoms with Crippen molar-refractivity contribution in [3.8, 4) is 5.69 Å². The van der Waals surface area contributed by atoms with Gasteiger partial charge in [0.25, 0.3) is 5.91 Å². The van der Waals surface area contributed by atoms with E-state index in [9.17, 15) is 4.79 Å². The lowest BCUT2D eigenvalue weighted by molar-refractivity contribution is 0.0725. The van der Waals surface area contributed by atoms with E-state index in [1.165, 1.54) is 4.90 Å². The van der Waals surface area contributed by atoms with Crippen LogP contribution in [0.5, 0.6) is 0 Å². The van der Waals surface area contributed by atoms with Gasteiger partial charge in [-0.25, -0.2) is 4.68 Å². The van der Waals surface area contributed by atoms with Gasteiger partial charge in [0, 0.05) is 19.3 Å². The molecule has 0 aliphatic carbocycles. The summed E-state index contributed by atoms with van der Waals surface area (Å²) >= 11 is 11.8. The number of aliphatic hydroxyl groups excluding tert-OH is 1. The molecule has 112 valence electrons. The van der Waals surface area contributed by atoms with Crippen molar-refractivity contribution in [2.75, 3.05) is 19.7 Å². The first-order valence-electron chi connectivity index (χ1n) is 6.48. The topological polar surface area (TPSA) is 58.4 Å². The van der Waals surface area contributed by atoms with Crippen molar-refractivity contribution >= 4 is 29.1 Å². The van der Waals surface area contributed by atoms with Gasteiger partial charge in [0.05, 0.1) is 22.3 Å². The molecule has 0 atom stereocenters. The van der Waals surface area contributed by atoms with Crippen molar-refractivity contribution in [1.29, 1.82) is 0 Å². The van der Waals surface area contributed by atoms with E-state index in [1.54, 1.807) is 35.1 Å². The minimum atomic E-state index is -0.217. The number of nitrogens with zero attached hydrogens (tertiary/aromatic N) is 3. The highest BCUT2D eigenvalue weighted by Crippen LogP contribution is 2.24. The molecular weight excluding hydrogens is 313 g/mol. The van der Waals surface area contributed by atoms with Gasteiger partial charge in [0.1, 0.15) is 0 Å². The number of rotatable bonds is 5. The molecule has 1 heterocycles. The maximum absolute atomic E-state index is 12.2. The number of amides is 1. The van der Waals surface area contributed by atoms with Gasteiger partial charge in [-0.2, -0.15) is 5.10 Å². The Bertz CT molecular complexity index is 643. The Hall–Kier alpha value is -1.56. The summed E-state index contributed by atoms with van der Waals surface area (Å²) in [6.45, 7) is 2.57. The fraction of sp³-hybridized carbons (Fsp3) is 0.286. The molecule has 0 saturated carbocycles. The van der Waals surface area contributed by atoms with E-state index in [4.69, 9.17) is 28.3 Å². The summed E-state index contributed by atoms with van der Waals surface area (Å²) in [7, 11) is 0. The molecule has 0 radical (unpaired) electrons. The van der Waals surface area contributed by atoms with E-state index >= 15 is 0 Å². The van der Waals surface area contributed by atoms with E-state index in [1.807, 2.05) is 6.92 Å². The van der Waals surface area contributed by atoms with Gasteiger partial charge in [-0.15, -0.1) is 0 Å². The number of likely N-dealkylation sites (N-methyl/N-ethyl adjacent to an activating group) is 1. The average molecular weight is 328 g/mol. The van der Waals surface area contributed by atoms with Gasteiger partial charge in [-0.05, 0) is 31.2 Å². The zero-order valence-electron chi connectivity index (χ0n) is 11.5. The van der Waals surface area contributed by atoms with Crippen molar-refractivity contribution in [3.63, 3.8) is 0 Å². The van der Waals surface area contributed by atoms with Crippen LogP contribution in [0.4, 0.5) is 0 Å². The molecule has 0 bridgehead atoms. The minimum absolute atomic E-state index is 0.0763. The molecule has 0 aliphatic heterocycles. The Morgan fingerprint density at radius 2 is 2.10 bits per heavy atom. The lowest BCUT2D eigenvalue weighted by Gasteiger charge is -2.18. The van der Waals surface area contributed by atoms with E-state index in [0.29, 0.717) is 28.0 Å². The Kier molecular flexibility index (Phi) is 5.22. The molecule has 0 unspecified atom stereocenters. The standard InChI is InChI=1S/C14H15Cl2N3O2/c1-2-18(7-8-20)14(21)13-5-6-19(17-13)10-3-4-11(15)12(16)9-10/h3-6,9,20H,2,7-8H2,1H3. The van der Waals surface area contributed by atoms with Crippen LogP contribution in [0.1, 0.15) is 17.4 Å². The fourth-order valence-electron chi connectivity index (χ4n) is 1.90. The van der Waals surface area contributed by atoms with E-state index in [2.05, 4.69) is 5.10 Å². The lowest BCUT2D eigenvalue weighted by atomic mass is 10.3. The number of benzene rings is 1. The molecule has 0 spiro atoms. The van der Waals surface area contributed by atoms with Crippen LogP contribution >= 0.6 is 23.2 Å². The summed E-state index contributed by atoms with van der Waals surface area (Å²) in [6, 6.07) is 6.74. The Labute approximate surface area is 132 Å². The zero-order chi connectivity index (χ0) is 15.4. The normalized spacial score (nSPS) is 10.7. The first-order chi connectivity index (χ1) is 10.1. The molecule has 0 fully saturated rings. The Morgan fingerprint density at radius 1 is 1.33 bits per heavy atom. The third kappa shape index (κ3) is 3.56. The predicted molar refractivity (Wildman–Crippen MR) is 82.2 cm³/mol. The van der Waals surface area contributed by atoms with Crippen LogP contribution in [0.2, 0.25) is 10.0 Å². The van der Waals surface area contributed by atoms with Crippen molar-refractivity contribution in [1.82, 2.24) is 14.7 Å². The van der Waals surface area contributed by atoms with Crippen LogP contribution in [-0.2, 0) is 0 Å². The van der Waals surface area contributed by atoms with Gasteiger partial charge in [-0.3, -0.25) is 4.79 Å². The van der Waals surface area contributed by atoms with Gasteiger partial charge in [0.2, 0.25) is 0 Å². The molecule has 0 aliphatic rings. The number of halogens is 2. The van der Waals surface area contributed by atoms with Gasteiger partial charge < -0.3 is 10.0 Å². The number of aromatic nitrogens is 2. The lowest BCUT2D eigenvalue weighted by Crippen LogP contribution is -2.33. The van der Waals surface area contributed by atoms with Gasteiger partial charge >= 0.3 is 0 Å². The second-order valence-corrected chi connectivity index (χ2v) is 5.17. The molecule has 1 N–H and O–H groups in total. The summed E-state index contributed by atoms with van der Waals surface area (Å²) in [5.74, 6) is -0.217. The molecule has 1 aromatic carbocycles. The zero-order valence-corrected chi connectivity index (χ0v) is 13.0. The van der Waals surface area contributed by atoms with Crippen LogP contribution in [0, 0.1) is 0 Å². The summed E-state index contributed by atoms with van der Waals surface area (Å²) in [5, 5.41) is 14.1. The van der Waals surface area contributed by atoms with Crippen molar-refractivity contribution < 1.29 is 9.90 Å². The maximum atomic E-state index is 12.2. The van der Waals surface area contributed by atoms with Crippen LogP contribution in [0.15, 0.2) is 30.5 Å². The highest BCUT2D eigenvalue weighted by Gasteiger charge is 2.16. The molecule has 2 aromatic rings. The highest BCUT2D eigenvalue weighted by molar-refractivity contribution is 6.42. The highest BCUT2D eigenvalue weighted by atomic mass is 35.5. The first-order valence-corrected chi connectivity index (χ1v) is 7.23. The van der Waals surface area contributed by atoms with E-state index < -0.39 is 0 Å². The molecule has 0 saturated heterocycles. The Morgan fingerprint density at radius 3 is 2.71 bits per heavy atom. The number of carbonyl (C=O) groups excluding carboxylic acids is 1. The third-order valence-corrected chi connectivity index (χ3v) is 3.75. The SMILES string of the molecule is CCN(CCO)C(=O)c1ccn(-c2ccc(Cl)c(Cl)c2)n1. The smallest absolute Gasteiger partial charge is 0.274 e. The van der Waals surface area contributed by atoms with Gasteiger partial charge in [0.15, 0.2) is 5.69 Å². The van der Waals surface area contributed by atoms with Crippen LogP contribution in [0.3, 0.4) is 0 Å². The van der Waals surface area contributed by atoms with Gasteiger partial charge in [-0.1, -0.05) is 23.2 Å². The molecule has 1 aromatic heterocycles. The molecule has 5 nitrogen and oxygen atoms in total. The summed E-state index contributed by atoms with van der Waals surface area (Å²) in [5.41, 5.74) is 1.03. The second kappa shape index (κ2) is 6.93. The monoisotopic (exact) mass is 327 g/mol. The number of carbonyl (C=O) groups is 1. The Balaban J connectivity index is 2.24. The summed E-state index contributed by atoms with van der Waals surface area (Å²) in [4.78, 5) is 13.8. The third-order valence-electron chi connectivity index (χ3n) is 3.01. The minimum Gasteiger partial charge on any atom is -0.395 e. The average Bonchev–Trinajstić information content (AvgIpc) is 2.96. The molecule has 1 amide bonds. The predicted octanol–water partition coefficient (Wildman–Crippen LogP) is 2.63. The number of hydrogen-bond donors (Lipinski definition) is 1. The molecule has 7 heteroatoms. The molecule has 2 rings (SSSR count). The van der Waals surface area contributed by atoms with Crippen LogP contribution < -0.4 is 0 Å². The van der Waals surface area contributed by atoms with Crippen molar-refractivity contribution in [2.45, 2.75) is 6.92 Å². The first kappa shape index (κ1) is 15.8. The largest absolute Gasteiger partial charge is 0.395 e. The molecule has 21 heavy (non-hydrogen) atoms. The summed E-state index contributed by atoms with van der Waals surface area (Å²) in [6.07, 6.45) is 1.68. The number of hydrogen-bond acceptors (Lipinski definition) is 3. The van der Waals surface area contributed by atoms with Crippen molar-refractivity contribution in [2.24, 2.45) is 0 Å². The van der Waals surface area contributed by atoms with Crippen LogP contribution in [-0.4, -0.2) is 45.4 Å². The van der Waals surface area contributed by atoms with Crippen molar-refractivity contribution in [3.05, 3.63) is 46.2 Å². The van der Waals surface area contributed by atoms with Crippen LogP contribution in [0.25, 0.3) is 5.69 Å². The summed E-state index contributed by atoms with van der Waals surface area (Å²) < 4.78 is 1.56. The fourth-order valence-corrected chi connectivity index (χ4v) is 2.19.